The SMILES string of the molecule is CC1CNCC(COCC2CCC3(CCCC3)O2)O1. The van der Waals surface area contributed by atoms with E-state index in [1.807, 2.05) is 0 Å². The quantitative estimate of drug-likeness (QED) is 0.846. The van der Waals surface area contributed by atoms with Crippen LogP contribution in [0.25, 0.3) is 0 Å². The summed E-state index contributed by atoms with van der Waals surface area (Å²) in [4.78, 5) is 0. The molecule has 0 radical (unpaired) electrons. The first kappa shape index (κ1) is 13.8. The molecular formula is C15H27NO3. The number of rotatable bonds is 4. The van der Waals surface area contributed by atoms with Gasteiger partial charge in [-0.2, -0.15) is 0 Å². The highest BCUT2D eigenvalue weighted by molar-refractivity contribution is 4.92. The van der Waals surface area contributed by atoms with Crippen LogP contribution in [0.15, 0.2) is 0 Å². The maximum Gasteiger partial charge on any atom is 0.0936 e. The van der Waals surface area contributed by atoms with Gasteiger partial charge >= 0.3 is 0 Å². The van der Waals surface area contributed by atoms with Crippen molar-refractivity contribution in [3.8, 4) is 0 Å². The van der Waals surface area contributed by atoms with Crippen LogP contribution in [0.1, 0.15) is 45.4 Å². The Morgan fingerprint density at radius 1 is 1.11 bits per heavy atom. The Balaban J connectivity index is 1.34. The first-order chi connectivity index (χ1) is 9.26. The first-order valence-corrected chi connectivity index (χ1v) is 7.87. The van der Waals surface area contributed by atoms with Crippen LogP contribution < -0.4 is 5.32 Å². The summed E-state index contributed by atoms with van der Waals surface area (Å²) in [6, 6.07) is 0. The van der Waals surface area contributed by atoms with Gasteiger partial charge in [0.15, 0.2) is 0 Å². The molecule has 19 heavy (non-hydrogen) atoms. The monoisotopic (exact) mass is 269 g/mol. The molecule has 4 nitrogen and oxygen atoms in total. The highest BCUT2D eigenvalue weighted by atomic mass is 16.6. The molecule has 0 amide bonds. The van der Waals surface area contributed by atoms with E-state index in [1.165, 1.54) is 38.5 Å². The van der Waals surface area contributed by atoms with E-state index in [0.717, 1.165) is 19.7 Å². The molecule has 3 fully saturated rings. The van der Waals surface area contributed by atoms with Crippen molar-refractivity contribution in [2.24, 2.45) is 0 Å². The van der Waals surface area contributed by atoms with Crippen LogP contribution in [0, 0.1) is 0 Å². The van der Waals surface area contributed by atoms with Crippen LogP contribution in [-0.4, -0.2) is 50.2 Å². The summed E-state index contributed by atoms with van der Waals surface area (Å²) in [6.45, 7) is 5.37. The smallest absolute Gasteiger partial charge is 0.0936 e. The molecule has 2 heterocycles. The topological polar surface area (TPSA) is 39.7 Å². The van der Waals surface area contributed by atoms with Gasteiger partial charge in [-0.1, -0.05) is 12.8 Å². The van der Waals surface area contributed by atoms with E-state index in [-0.39, 0.29) is 11.7 Å². The molecular weight excluding hydrogens is 242 g/mol. The van der Waals surface area contributed by atoms with Crippen molar-refractivity contribution in [1.29, 1.82) is 0 Å². The number of morpholine rings is 1. The van der Waals surface area contributed by atoms with Gasteiger partial charge < -0.3 is 19.5 Å². The number of ether oxygens (including phenoxy) is 3. The van der Waals surface area contributed by atoms with E-state index >= 15 is 0 Å². The van der Waals surface area contributed by atoms with Crippen molar-refractivity contribution in [2.75, 3.05) is 26.3 Å². The third-order valence-corrected chi connectivity index (χ3v) is 4.69. The lowest BCUT2D eigenvalue weighted by atomic mass is 9.98. The van der Waals surface area contributed by atoms with Crippen molar-refractivity contribution in [1.82, 2.24) is 5.32 Å². The fourth-order valence-electron chi connectivity index (χ4n) is 3.70. The molecule has 0 bridgehead atoms. The zero-order valence-corrected chi connectivity index (χ0v) is 12.0. The molecule has 3 atom stereocenters. The summed E-state index contributed by atoms with van der Waals surface area (Å²) >= 11 is 0. The van der Waals surface area contributed by atoms with Gasteiger partial charge in [0.1, 0.15) is 0 Å². The first-order valence-electron chi connectivity index (χ1n) is 7.87. The van der Waals surface area contributed by atoms with Gasteiger partial charge in [-0.15, -0.1) is 0 Å². The highest BCUT2D eigenvalue weighted by Crippen LogP contribution is 2.43. The molecule has 1 saturated carbocycles. The summed E-state index contributed by atoms with van der Waals surface area (Å²) < 4.78 is 17.9. The van der Waals surface area contributed by atoms with Crippen LogP contribution in [-0.2, 0) is 14.2 Å². The third-order valence-electron chi connectivity index (χ3n) is 4.69. The van der Waals surface area contributed by atoms with Crippen molar-refractivity contribution in [3.63, 3.8) is 0 Å². The fraction of sp³-hybridized carbons (Fsp3) is 1.00. The van der Waals surface area contributed by atoms with Crippen molar-refractivity contribution >= 4 is 0 Å². The lowest BCUT2D eigenvalue weighted by Crippen LogP contribution is -2.45. The third kappa shape index (κ3) is 3.48. The molecule has 1 N–H and O–H groups in total. The van der Waals surface area contributed by atoms with Gasteiger partial charge in [0.2, 0.25) is 0 Å². The lowest BCUT2D eigenvalue weighted by molar-refractivity contribution is -0.0998. The minimum atomic E-state index is 0.200. The van der Waals surface area contributed by atoms with Crippen LogP contribution in [0.2, 0.25) is 0 Å². The van der Waals surface area contributed by atoms with Crippen LogP contribution in [0.4, 0.5) is 0 Å². The Labute approximate surface area is 116 Å². The predicted molar refractivity (Wildman–Crippen MR) is 73.3 cm³/mol. The average molecular weight is 269 g/mol. The summed E-state index contributed by atoms with van der Waals surface area (Å²) in [7, 11) is 0. The lowest BCUT2D eigenvalue weighted by Gasteiger charge is -2.29. The Bertz CT molecular complexity index is 291. The maximum absolute atomic E-state index is 6.24. The molecule has 0 aromatic rings. The largest absolute Gasteiger partial charge is 0.376 e. The highest BCUT2D eigenvalue weighted by Gasteiger charge is 2.42. The van der Waals surface area contributed by atoms with Crippen LogP contribution in [0.5, 0.6) is 0 Å². The minimum Gasteiger partial charge on any atom is -0.376 e. The molecule has 0 aromatic heterocycles. The zero-order chi connectivity index (χ0) is 13.1. The molecule has 3 rings (SSSR count). The Hall–Kier alpha value is -0.160. The second-order valence-electron chi connectivity index (χ2n) is 6.43. The van der Waals surface area contributed by atoms with E-state index in [9.17, 15) is 0 Å². The van der Waals surface area contributed by atoms with Crippen LogP contribution >= 0.6 is 0 Å². The second kappa shape index (κ2) is 6.08. The average Bonchev–Trinajstić information content (AvgIpc) is 3.01. The molecule has 4 heteroatoms. The van der Waals surface area contributed by atoms with Gasteiger partial charge in [0.05, 0.1) is 37.1 Å². The van der Waals surface area contributed by atoms with E-state index in [2.05, 4.69) is 12.2 Å². The summed E-state index contributed by atoms with van der Waals surface area (Å²) in [5.74, 6) is 0. The predicted octanol–water partition coefficient (Wildman–Crippen LogP) is 1.87. The molecule has 3 aliphatic rings. The van der Waals surface area contributed by atoms with E-state index in [1.54, 1.807) is 0 Å². The van der Waals surface area contributed by atoms with E-state index in [4.69, 9.17) is 14.2 Å². The molecule has 2 aliphatic heterocycles. The summed E-state index contributed by atoms with van der Waals surface area (Å²) in [5, 5.41) is 3.37. The van der Waals surface area contributed by atoms with Gasteiger partial charge in [-0.3, -0.25) is 0 Å². The Morgan fingerprint density at radius 2 is 1.89 bits per heavy atom. The minimum absolute atomic E-state index is 0.200. The van der Waals surface area contributed by atoms with Gasteiger partial charge in [-0.25, -0.2) is 0 Å². The normalized spacial score (nSPS) is 38.1. The van der Waals surface area contributed by atoms with Crippen molar-refractivity contribution in [2.45, 2.75) is 69.4 Å². The standard InChI is InChI=1S/C15H27NO3/c1-12-8-16-9-14(18-12)11-17-10-13-4-7-15(19-13)5-2-3-6-15/h12-14,16H,2-11H2,1H3. The van der Waals surface area contributed by atoms with Gasteiger partial charge in [0.25, 0.3) is 0 Å². The van der Waals surface area contributed by atoms with Crippen molar-refractivity contribution < 1.29 is 14.2 Å². The van der Waals surface area contributed by atoms with E-state index < -0.39 is 0 Å². The van der Waals surface area contributed by atoms with Crippen molar-refractivity contribution in [3.05, 3.63) is 0 Å². The molecule has 3 unspecified atom stereocenters. The van der Waals surface area contributed by atoms with E-state index in [0.29, 0.717) is 18.8 Å². The summed E-state index contributed by atoms with van der Waals surface area (Å²) in [5.41, 5.74) is 0.228. The maximum atomic E-state index is 6.24. The van der Waals surface area contributed by atoms with Gasteiger partial charge in [-0.05, 0) is 32.6 Å². The number of nitrogens with one attached hydrogen (secondary N) is 1. The molecule has 2 saturated heterocycles. The number of hydrogen-bond donors (Lipinski definition) is 1. The summed E-state index contributed by atoms with van der Waals surface area (Å²) in [6.07, 6.45) is 8.41. The number of hydrogen-bond acceptors (Lipinski definition) is 4. The van der Waals surface area contributed by atoms with Crippen LogP contribution in [0.3, 0.4) is 0 Å². The Kier molecular flexibility index (Phi) is 4.42. The second-order valence-corrected chi connectivity index (χ2v) is 6.43. The van der Waals surface area contributed by atoms with Gasteiger partial charge in [0, 0.05) is 13.1 Å². The molecule has 0 aromatic carbocycles. The molecule has 1 aliphatic carbocycles. The zero-order valence-electron chi connectivity index (χ0n) is 12.0. The Morgan fingerprint density at radius 3 is 2.68 bits per heavy atom. The molecule has 110 valence electrons. The fourth-order valence-corrected chi connectivity index (χ4v) is 3.70. The molecule has 1 spiro atoms.